The molecule has 0 radical (unpaired) electrons. The van der Waals surface area contributed by atoms with E-state index in [1.165, 1.54) is 0 Å². The smallest absolute Gasteiger partial charge is 0.323 e. The third kappa shape index (κ3) is 3.65. The molecule has 2 rings (SSSR count). The number of nitro benzene ring substituents is 2. The van der Waals surface area contributed by atoms with Crippen molar-refractivity contribution in [2.24, 2.45) is 0 Å². The van der Waals surface area contributed by atoms with E-state index < -0.39 is 27.4 Å². The van der Waals surface area contributed by atoms with E-state index in [2.05, 4.69) is 10.6 Å². The average Bonchev–Trinajstić information content (AvgIpc) is 2.50. The Labute approximate surface area is 133 Å². The van der Waals surface area contributed by atoms with Crippen LogP contribution in [0.3, 0.4) is 0 Å². The molecule has 24 heavy (non-hydrogen) atoms. The lowest BCUT2D eigenvalue weighted by Gasteiger charge is -2.10. The number of non-ortho nitro benzene ring substituents is 2. The summed E-state index contributed by atoms with van der Waals surface area (Å²) < 4.78 is 0. The van der Waals surface area contributed by atoms with Crippen LogP contribution in [0.15, 0.2) is 36.4 Å². The zero-order chi connectivity index (χ0) is 17.9. The van der Waals surface area contributed by atoms with Gasteiger partial charge in [-0.25, -0.2) is 4.79 Å². The minimum absolute atomic E-state index is 0.0977. The van der Waals surface area contributed by atoms with Gasteiger partial charge in [-0.2, -0.15) is 0 Å². The van der Waals surface area contributed by atoms with E-state index >= 15 is 0 Å². The van der Waals surface area contributed by atoms with E-state index in [-0.39, 0.29) is 22.7 Å². The van der Waals surface area contributed by atoms with Crippen molar-refractivity contribution < 1.29 is 24.9 Å². The van der Waals surface area contributed by atoms with E-state index in [0.717, 1.165) is 36.4 Å². The molecule has 0 aliphatic carbocycles. The van der Waals surface area contributed by atoms with Gasteiger partial charge in [0.05, 0.1) is 33.4 Å². The minimum atomic E-state index is -0.872. The number of nitrogens with zero attached hydrogens (tertiary/aromatic N) is 2. The van der Waals surface area contributed by atoms with Gasteiger partial charge in [-0.15, -0.1) is 0 Å². The van der Waals surface area contributed by atoms with E-state index in [0.29, 0.717) is 0 Å². The third-order valence-corrected chi connectivity index (χ3v) is 2.88. The standard InChI is InChI=1S/C13H10N4O7/c18-11-5-7(16(21)22)1-3-9(11)14-13(20)15-10-4-2-8(17(23)24)6-12(10)19/h1-6,18-19H,(H2,14,15,20). The average molecular weight is 334 g/mol. The van der Waals surface area contributed by atoms with Crippen molar-refractivity contribution in [2.45, 2.75) is 0 Å². The number of phenols is 2. The second kappa shape index (κ2) is 6.48. The summed E-state index contributed by atoms with van der Waals surface area (Å²) in [7, 11) is 0. The first-order valence-electron chi connectivity index (χ1n) is 6.30. The molecule has 0 aromatic heterocycles. The van der Waals surface area contributed by atoms with Gasteiger partial charge in [-0.05, 0) is 12.1 Å². The molecule has 11 nitrogen and oxygen atoms in total. The van der Waals surface area contributed by atoms with Crippen LogP contribution in [0.4, 0.5) is 27.5 Å². The maximum absolute atomic E-state index is 11.8. The molecule has 0 unspecified atom stereocenters. The highest BCUT2D eigenvalue weighted by Gasteiger charge is 2.14. The fourth-order valence-corrected chi connectivity index (χ4v) is 1.75. The lowest BCUT2D eigenvalue weighted by atomic mass is 10.2. The number of hydrogen-bond donors (Lipinski definition) is 4. The molecule has 0 aliphatic rings. The second-order valence-electron chi connectivity index (χ2n) is 4.50. The summed E-state index contributed by atoms with van der Waals surface area (Å²) in [6, 6.07) is 5.27. The van der Waals surface area contributed by atoms with Crippen LogP contribution in [0.2, 0.25) is 0 Å². The maximum Gasteiger partial charge on any atom is 0.323 e. The van der Waals surface area contributed by atoms with E-state index in [9.17, 15) is 35.2 Å². The molecule has 0 saturated carbocycles. The van der Waals surface area contributed by atoms with Crippen molar-refractivity contribution in [3.63, 3.8) is 0 Å². The largest absolute Gasteiger partial charge is 0.506 e. The fraction of sp³-hybridized carbons (Fsp3) is 0. The SMILES string of the molecule is O=C(Nc1ccc([N+](=O)[O-])cc1O)Nc1ccc([N+](=O)[O-])cc1O. The number of carbonyl (C=O) groups excluding carboxylic acids is 1. The van der Waals surface area contributed by atoms with Gasteiger partial charge in [0.2, 0.25) is 0 Å². The van der Waals surface area contributed by atoms with E-state index in [1.807, 2.05) is 0 Å². The van der Waals surface area contributed by atoms with Crippen molar-refractivity contribution >= 4 is 28.8 Å². The molecule has 124 valence electrons. The summed E-state index contributed by atoms with van der Waals surface area (Å²) in [6.45, 7) is 0. The minimum Gasteiger partial charge on any atom is -0.506 e. The Hall–Kier alpha value is -3.89. The molecule has 2 aromatic carbocycles. The Morgan fingerprint density at radius 2 is 1.21 bits per heavy atom. The van der Waals surface area contributed by atoms with Gasteiger partial charge in [0.15, 0.2) is 0 Å². The molecule has 0 heterocycles. The molecule has 0 spiro atoms. The highest BCUT2D eigenvalue weighted by Crippen LogP contribution is 2.30. The number of hydrogen-bond acceptors (Lipinski definition) is 7. The summed E-state index contributed by atoms with van der Waals surface area (Å²) in [5.74, 6) is -1.04. The Bertz CT molecular complexity index is 770. The number of urea groups is 1. The van der Waals surface area contributed by atoms with Crippen molar-refractivity contribution in [2.75, 3.05) is 10.6 Å². The zero-order valence-electron chi connectivity index (χ0n) is 11.8. The molecular weight excluding hydrogens is 324 g/mol. The summed E-state index contributed by atoms with van der Waals surface area (Å²) in [4.78, 5) is 31.5. The normalized spacial score (nSPS) is 10.0. The summed E-state index contributed by atoms with van der Waals surface area (Å²) in [6.07, 6.45) is 0. The van der Waals surface area contributed by atoms with Crippen LogP contribution in [0, 0.1) is 20.2 Å². The Morgan fingerprint density at radius 1 is 0.833 bits per heavy atom. The van der Waals surface area contributed by atoms with Crippen molar-refractivity contribution in [1.82, 2.24) is 0 Å². The first-order valence-corrected chi connectivity index (χ1v) is 6.30. The number of anilines is 2. The van der Waals surface area contributed by atoms with Gasteiger partial charge in [-0.1, -0.05) is 0 Å². The van der Waals surface area contributed by atoms with E-state index in [1.54, 1.807) is 0 Å². The lowest BCUT2D eigenvalue weighted by molar-refractivity contribution is -0.385. The van der Waals surface area contributed by atoms with Gasteiger partial charge >= 0.3 is 6.03 Å². The van der Waals surface area contributed by atoms with Crippen LogP contribution in [0.5, 0.6) is 11.5 Å². The maximum atomic E-state index is 11.8. The van der Waals surface area contributed by atoms with Gasteiger partial charge in [0.25, 0.3) is 11.4 Å². The number of rotatable bonds is 4. The molecule has 0 saturated heterocycles. The second-order valence-corrected chi connectivity index (χ2v) is 4.50. The topological polar surface area (TPSA) is 168 Å². The number of amides is 2. The number of phenolic OH excluding ortho intramolecular Hbond substituents is 2. The van der Waals surface area contributed by atoms with Crippen LogP contribution in [0.1, 0.15) is 0 Å². The van der Waals surface area contributed by atoms with Gasteiger partial charge < -0.3 is 20.8 Å². The highest BCUT2D eigenvalue weighted by atomic mass is 16.6. The zero-order valence-corrected chi connectivity index (χ0v) is 11.8. The molecule has 11 heteroatoms. The number of carbonyl (C=O) groups is 1. The monoisotopic (exact) mass is 334 g/mol. The fourth-order valence-electron chi connectivity index (χ4n) is 1.75. The number of aromatic hydroxyl groups is 2. The van der Waals surface area contributed by atoms with Crippen LogP contribution < -0.4 is 10.6 Å². The predicted octanol–water partition coefficient (Wildman–Crippen LogP) is 2.56. The molecule has 2 aromatic rings. The molecule has 0 aliphatic heterocycles. The third-order valence-electron chi connectivity index (χ3n) is 2.88. The van der Waals surface area contributed by atoms with Crippen LogP contribution in [-0.4, -0.2) is 26.1 Å². The molecule has 4 N–H and O–H groups in total. The Morgan fingerprint density at radius 3 is 1.50 bits per heavy atom. The molecule has 0 bridgehead atoms. The molecule has 2 amide bonds. The number of nitrogens with one attached hydrogen (secondary N) is 2. The highest BCUT2D eigenvalue weighted by molar-refractivity contribution is 6.01. The lowest BCUT2D eigenvalue weighted by Crippen LogP contribution is -2.19. The molecule has 0 atom stereocenters. The van der Waals surface area contributed by atoms with Gasteiger partial charge in [0.1, 0.15) is 11.5 Å². The van der Waals surface area contributed by atoms with Crippen molar-refractivity contribution in [3.05, 3.63) is 56.6 Å². The van der Waals surface area contributed by atoms with Gasteiger partial charge in [-0.3, -0.25) is 20.2 Å². The number of nitro groups is 2. The predicted molar refractivity (Wildman–Crippen MR) is 82.2 cm³/mol. The van der Waals surface area contributed by atoms with Crippen LogP contribution >= 0.6 is 0 Å². The molecular formula is C13H10N4O7. The Kier molecular flexibility index (Phi) is 4.45. The summed E-state index contributed by atoms with van der Waals surface area (Å²) in [5, 5.41) is 44.8. The van der Waals surface area contributed by atoms with Crippen LogP contribution in [0.25, 0.3) is 0 Å². The first kappa shape index (κ1) is 16.5. The quantitative estimate of drug-likeness (QED) is 0.378. The van der Waals surface area contributed by atoms with Crippen molar-refractivity contribution in [1.29, 1.82) is 0 Å². The Balaban J connectivity index is 2.11. The van der Waals surface area contributed by atoms with Crippen LogP contribution in [-0.2, 0) is 0 Å². The summed E-state index contributed by atoms with van der Waals surface area (Å²) in [5.41, 5.74) is -0.906. The number of benzene rings is 2. The van der Waals surface area contributed by atoms with Crippen molar-refractivity contribution in [3.8, 4) is 11.5 Å². The first-order chi connectivity index (χ1) is 11.3. The van der Waals surface area contributed by atoms with E-state index in [4.69, 9.17) is 0 Å². The molecule has 0 fully saturated rings. The summed E-state index contributed by atoms with van der Waals surface area (Å²) >= 11 is 0. The van der Waals surface area contributed by atoms with Gasteiger partial charge in [0, 0.05) is 12.1 Å².